The zero-order valence-electron chi connectivity index (χ0n) is 11.2. The number of benzene rings is 1. The van der Waals surface area contributed by atoms with E-state index in [4.69, 9.17) is 4.42 Å². The van der Waals surface area contributed by atoms with Crippen LogP contribution in [0.4, 0.5) is 10.1 Å². The van der Waals surface area contributed by atoms with Gasteiger partial charge in [-0.3, -0.25) is 0 Å². The predicted octanol–water partition coefficient (Wildman–Crippen LogP) is 4.46. The monoisotopic (exact) mass is 259 g/mol. The molecule has 1 heterocycles. The third-order valence-corrected chi connectivity index (χ3v) is 3.74. The number of anilines is 1. The molecule has 1 N–H and O–H groups in total. The van der Waals surface area contributed by atoms with E-state index in [1.807, 2.05) is 25.1 Å². The lowest BCUT2D eigenvalue weighted by Crippen LogP contribution is -2.00. The van der Waals surface area contributed by atoms with Crippen LogP contribution in [0.15, 0.2) is 34.7 Å². The molecule has 1 saturated carbocycles. The van der Waals surface area contributed by atoms with Crippen LogP contribution in [-0.2, 0) is 6.54 Å². The summed E-state index contributed by atoms with van der Waals surface area (Å²) in [4.78, 5) is 0. The first-order valence-corrected chi connectivity index (χ1v) is 6.72. The van der Waals surface area contributed by atoms with Crippen molar-refractivity contribution in [3.8, 4) is 0 Å². The molecule has 0 bridgehead atoms. The van der Waals surface area contributed by atoms with Crippen molar-refractivity contribution in [2.24, 2.45) is 5.92 Å². The summed E-state index contributed by atoms with van der Waals surface area (Å²) < 4.78 is 19.4. The van der Waals surface area contributed by atoms with Crippen molar-refractivity contribution in [3.63, 3.8) is 0 Å². The lowest BCUT2D eigenvalue weighted by Gasteiger charge is -2.06. The number of halogens is 1. The minimum atomic E-state index is -0.220. The first-order chi connectivity index (χ1) is 9.13. The van der Waals surface area contributed by atoms with Crippen LogP contribution >= 0.6 is 0 Å². The van der Waals surface area contributed by atoms with Crippen LogP contribution in [-0.4, -0.2) is 0 Å². The van der Waals surface area contributed by atoms with E-state index in [1.165, 1.54) is 12.5 Å². The van der Waals surface area contributed by atoms with Gasteiger partial charge >= 0.3 is 0 Å². The molecule has 0 amide bonds. The topological polar surface area (TPSA) is 25.2 Å². The Kier molecular flexibility index (Phi) is 3.05. The molecule has 3 heteroatoms. The SMILES string of the molecule is Cc1ccc(NCc2ccc(C3CC3C)o2)c(F)c1. The lowest BCUT2D eigenvalue weighted by atomic mass is 10.2. The maximum absolute atomic E-state index is 13.7. The van der Waals surface area contributed by atoms with E-state index in [0.717, 1.165) is 23.0 Å². The third kappa shape index (κ3) is 2.65. The van der Waals surface area contributed by atoms with Crippen LogP contribution in [0.3, 0.4) is 0 Å². The average Bonchev–Trinajstić information content (AvgIpc) is 2.91. The molecule has 1 aromatic heterocycles. The van der Waals surface area contributed by atoms with E-state index < -0.39 is 0 Å². The zero-order chi connectivity index (χ0) is 13.4. The van der Waals surface area contributed by atoms with Crippen molar-refractivity contribution in [1.29, 1.82) is 0 Å². The summed E-state index contributed by atoms with van der Waals surface area (Å²) in [6, 6.07) is 9.19. The Labute approximate surface area is 112 Å². The molecule has 2 unspecified atom stereocenters. The quantitative estimate of drug-likeness (QED) is 0.876. The van der Waals surface area contributed by atoms with Crippen molar-refractivity contribution >= 4 is 5.69 Å². The number of nitrogens with one attached hydrogen (secondary N) is 1. The second kappa shape index (κ2) is 4.72. The highest BCUT2D eigenvalue weighted by Crippen LogP contribution is 2.47. The zero-order valence-corrected chi connectivity index (χ0v) is 11.2. The summed E-state index contributed by atoms with van der Waals surface area (Å²) in [5, 5.41) is 3.07. The van der Waals surface area contributed by atoms with E-state index >= 15 is 0 Å². The first kappa shape index (κ1) is 12.3. The minimum absolute atomic E-state index is 0.220. The van der Waals surface area contributed by atoms with Gasteiger partial charge in [0.2, 0.25) is 0 Å². The second-order valence-electron chi connectivity index (χ2n) is 5.46. The third-order valence-electron chi connectivity index (χ3n) is 3.74. The molecular formula is C16H18FNO. The van der Waals surface area contributed by atoms with Gasteiger partial charge in [-0.25, -0.2) is 4.39 Å². The Bertz CT molecular complexity index is 590. The summed E-state index contributed by atoms with van der Waals surface area (Å²) in [5.74, 6) is 3.02. The second-order valence-corrected chi connectivity index (χ2v) is 5.46. The maximum Gasteiger partial charge on any atom is 0.146 e. The summed E-state index contributed by atoms with van der Waals surface area (Å²) >= 11 is 0. The van der Waals surface area contributed by atoms with Gasteiger partial charge in [0.25, 0.3) is 0 Å². The van der Waals surface area contributed by atoms with Gasteiger partial charge in [0.05, 0.1) is 12.2 Å². The highest BCUT2D eigenvalue weighted by atomic mass is 19.1. The van der Waals surface area contributed by atoms with E-state index in [2.05, 4.69) is 12.2 Å². The Morgan fingerprint density at radius 2 is 2.11 bits per heavy atom. The lowest BCUT2D eigenvalue weighted by molar-refractivity contribution is 0.467. The molecule has 1 aliphatic carbocycles. The molecule has 2 atom stereocenters. The largest absolute Gasteiger partial charge is 0.464 e. The Morgan fingerprint density at radius 3 is 2.79 bits per heavy atom. The van der Waals surface area contributed by atoms with Gasteiger partial charge in [-0.15, -0.1) is 0 Å². The van der Waals surface area contributed by atoms with Gasteiger partial charge in [-0.1, -0.05) is 13.0 Å². The smallest absolute Gasteiger partial charge is 0.146 e. The summed E-state index contributed by atoms with van der Waals surface area (Å²) in [7, 11) is 0. The van der Waals surface area contributed by atoms with Crippen molar-refractivity contribution < 1.29 is 8.81 Å². The molecule has 1 aromatic carbocycles. The number of furan rings is 1. The normalized spacial score (nSPS) is 21.4. The number of hydrogen-bond donors (Lipinski definition) is 1. The molecule has 0 aliphatic heterocycles. The van der Waals surface area contributed by atoms with E-state index in [1.54, 1.807) is 6.07 Å². The van der Waals surface area contributed by atoms with Crippen molar-refractivity contribution in [1.82, 2.24) is 0 Å². The van der Waals surface area contributed by atoms with Crippen LogP contribution in [0.2, 0.25) is 0 Å². The number of hydrogen-bond acceptors (Lipinski definition) is 2. The standard InChI is InChI=1S/C16H18FNO/c1-10-3-5-15(14(17)7-10)18-9-12-4-6-16(19-12)13-8-11(13)2/h3-7,11,13,18H,8-9H2,1-2H3. The fourth-order valence-electron chi connectivity index (χ4n) is 2.35. The Balaban J connectivity index is 1.64. The molecule has 2 nitrogen and oxygen atoms in total. The molecule has 0 radical (unpaired) electrons. The minimum Gasteiger partial charge on any atom is -0.464 e. The van der Waals surface area contributed by atoms with Crippen molar-refractivity contribution in [3.05, 3.63) is 53.2 Å². The van der Waals surface area contributed by atoms with Crippen molar-refractivity contribution in [2.45, 2.75) is 32.7 Å². The Hall–Kier alpha value is -1.77. The van der Waals surface area contributed by atoms with Crippen molar-refractivity contribution in [2.75, 3.05) is 5.32 Å². The molecular weight excluding hydrogens is 241 g/mol. The highest BCUT2D eigenvalue weighted by molar-refractivity contribution is 5.46. The fourth-order valence-corrected chi connectivity index (χ4v) is 2.35. The van der Waals surface area contributed by atoms with E-state index in [9.17, 15) is 4.39 Å². The van der Waals surface area contributed by atoms with Crippen LogP contribution < -0.4 is 5.32 Å². The number of rotatable bonds is 4. The van der Waals surface area contributed by atoms with Gasteiger partial charge in [0.1, 0.15) is 17.3 Å². The maximum atomic E-state index is 13.7. The van der Waals surface area contributed by atoms with Crippen LogP contribution in [0.5, 0.6) is 0 Å². The molecule has 3 rings (SSSR count). The van der Waals surface area contributed by atoms with E-state index in [0.29, 0.717) is 18.2 Å². The van der Waals surface area contributed by atoms with Crippen LogP contribution in [0.1, 0.15) is 36.3 Å². The van der Waals surface area contributed by atoms with E-state index in [-0.39, 0.29) is 5.82 Å². The molecule has 19 heavy (non-hydrogen) atoms. The molecule has 2 aromatic rings. The predicted molar refractivity (Wildman–Crippen MR) is 73.7 cm³/mol. The average molecular weight is 259 g/mol. The molecule has 1 aliphatic rings. The number of aryl methyl sites for hydroxylation is 1. The Morgan fingerprint density at radius 1 is 1.32 bits per heavy atom. The highest BCUT2D eigenvalue weighted by Gasteiger charge is 2.36. The van der Waals surface area contributed by atoms with Gasteiger partial charge in [0, 0.05) is 5.92 Å². The van der Waals surface area contributed by atoms with Gasteiger partial charge in [-0.05, 0) is 49.1 Å². The van der Waals surface area contributed by atoms with Crippen LogP contribution in [0.25, 0.3) is 0 Å². The molecule has 0 spiro atoms. The van der Waals surface area contributed by atoms with Gasteiger partial charge in [-0.2, -0.15) is 0 Å². The van der Waals surface area contributed by atoms with Crippen LogP contribution in [0, 0.1) is 18.7 Å². The molecule has 0 saturated heterocycles. The summed E-state index contributed by atoms with van der Waals surface area (Å²) in [6.45, 7) is 4.62. The fraction of sp³-hybridized carbons (Fsp3) is 0.375. The summed E-state index contributed by atoms with van der Waals surface area (Å²) in [5.41, 5.74) is 1.44. The van der Waals surface area contributed by atoms with Gasteiger partial charge < -0.3 is 9.73 Å². The molecule has 100 valence electrons. The summed E-state index contributed by atoms with van der Waals surface area (Å²) in [6.07, 6.45) is 1.22. The van der Waals surface area contributed by atoms with Gasteiger partial charge in [0.15, 0.2) is 0 Å². The molecule has 1 fully saturated rings. The first-order valence-electron chi connectivity index (χ1n) is 6.72.